The maximum Gasteiger partial charge on any atom is 0.0289 e. The van der Waals surface area contributed by atoms with Crippen LogP contribution in [0.1, 0.15) is 37.8 Å². The first kappa shape index (κ1) is 12.0. The third-order valence-corrected chi connectivity index (χ3v) is 4.31. The molecule has 1 unspecified atom stereocenters. The van der Waals surface area contributed by atoms with Crippen molar-refractivity contribution in [2.75, 3.05) is 12.8 Å². The molecule has 88 valence electrons. The Bertz CT molecular complexity index is 333. The zero-order valence-corrected chi connectivity index (χ0v) is 11.0. The molecule has 2 rings (SSSR count). The van der Waals surface area contributed by atoms with Gasteiger partial charge in [0.2, 0.25) is 0 Å². The van der Waals surface area contributed by atoms with Crippen LogP contribution >= 0.6 is 11.8 Å². The molecular formula is C14H21NS. The SMILES string of the molecule is CNC(C)c1cccc(SCCC2CC2)c1. The fourth-order valence-electron chi connectivity index (χ4n) is 1.79. The van der Waals surface area contributed by atoms with Crippen LogP contribution < -0.4 is 5.32 Å². The number of thioether (sulfide) groups is 1. The molecule has 1 fully saturated rings. The first-order valence-electron chi connectivity index (χ1n) is 6.19. The van der Waals surface area contributed by atoms with Crippen LogP contribution in [0.15, 0.2) is 29.2 Å². The molecule has 0 spiro atoms. The third-order valence-electron chi connectivity index (χ3n) is 3.28. The largest absolute Gasteiger partial charge is 0.313 e. The average Bonchev–Trinajstić information content (AvgIpc) is 3.12. The van der Waals surface area contributed by atoms with Crippen LogP contribution in [0.3, 0.4) is 0 Å². The van der Waals surface area contributed by atoms with E-state index in [1.165, 1.54) is 35.5 Å². The van der Waals surface area contributed by atoms with Gasteiger partial charge in [0.05, 0.1) is 0 Å². The normalized spacial score (nSPS) is 17.4. The van der Waals surface area contributed by atoms with Crippen molar-refractivity contribution in [1.82, 2.24) is 5.32 Å². The second-order valence-corrected chi connectivity index (χ2v) is 5.83. The number of hydrogen-bond donors (Lipinski definition) is 1. The van der Waals surface area contributed by atoms with Gasteiger partial charge in [-0.2, -0.15) is 0 Å². The molecule has 0 aliphatic heterocycles. The lowest BCUT2D eigenvalue weighted by Crippen LogP contribution is -2.11. The molecule has 1 aliphatic carbocycles. The minimum Gasteiger partial charge on any atom is -0.313 e. The third kappa shape index (κ3) is 3.53. The van der Waals surface area contributed by atoms with E-state index in [0.717, 1.165) is 5.92 Å². The van der Waals surface area contributed by atoms with E-state index in [1.807, 2.05) is 18.8 Å². The molecule has 16 heavy (non-hydrogen) atoms. The van der Waals surface area contributed by atoms with Crippen LogP contribution in [0.4, 0.5) is 0 Å². The summed E-state index contributed by atoms with van der Waals surface area (Å²) < 4.78 is 0. The topological polar surface area (TPSA) is 12.0 Å². The molecule has 1 nitrogen and oxygen atoms in total. The Balaban J connectivity index is 1.87. The van der Waals surface area contributed by atoms with E-state index in [9.17, 15) is 0 Å². The van der Waals surface area contributed by atoms with Crippen LogP contribution in [-0.4, -0.2) is 12.8 Å². The smallest absolute Gasteiger partial charge is 0.0289 e. The molecule has 0 amide bonds. The highest BCUT2D eigenvalue weighted by Gasteiger charge is 2.20. The highest BCUT2D eigenvalue weighted by molar-refractivity contribution is 7.99. The summed E-state index contributed by atoms with van der Waals surface area (Å²) >= 11 is 2.00. The lowest BCUT2D eigenvalue weighted by atomic mass is 10.1. The quantitative estimate of drug-likeness (QED) is 0.751. The fraction of sp³-hybridized carbons (Fsp3) is 0.571. The van der Waals surface area contributed by atoms with E-state index in [2.05, 4.69) is 36.5 Å². The molecule has 0 aromatic heterocycles. The van der Waals surface area contributed by atoms with Crippen LogP contribution in [0.2, 0.25) is 0 Å². The summed E-state index contributed by atoms with van der Waals surface area (Å²) in [5.41, 5.74) is 1.39. The van der Waals surface area contributed by atoms with Crippen molar-refractivity contribution in [3.63, 3.8) is 0 Å². The van der Waals surface area contributed by atoms with Gasteiger partial charge >= 0.3 is 0 Å². The lowest BCUT2D eigenvalue weighted by Gasteiger charge is -2.11. The zero-order valence-electron chi connectivity index (χ0n) is 10.2. The van der Waals surface area contributed by atoms with Gasteiger partial charge in [0.1, 0.15) is 0 Å². The Labute approximate surface area is 103 Å². The molecule has 1 aromatic carbocycles. The first-order chi connectivity index (χ1) is 7.79. The maximum atomic E-state index is 3.28. The minimum atomic E-state index is 0.448. The molecule has 0 radical (unpaired) electrons. The summed E-state index contributed by atoms with van der Waals surface area (Å²) in [6, 6.07) is 9.36. The molecule has 1 saturated carbocycles. The van der Waals surface area contributed by atoms with Crippen molar-refractivity contribution >= 4 is 11.8 Å². The predicted molar refractivity (Wildman–Crippen MR) is 72.0 cm³/mol. The summed E-state index contributed by atoms with van der Waals surface area (Å²) in [5.74, 6) is 2.33. The van der Waals surface area contributed by atoms with Gasteiger partial charge in [-0.25, -0.2) is 0 Å². The number of hydrogen-bond acceptors (Lipinski definition) is 2. The van der Waals surface area contributed by atoms with Crippen LogP contribution in [0, 0.1) is 5.92 Å². The lowest BCUT2D eigenvalue weighted by molar-refractivity contribution is 0.651. The summed E-state index contributed by atoms with van der Waals surface area (Å²) in [6.45, 7) is 2.20. The molecule has 0 bridgehead atoms. The number of rotatable bonds is 6. The van der Waals surface area contributed by atoms with Gasteiger partial charge in [-0.15, -0.1) is 11.8 Å². The Morgan fingerprint density at radius 1 is 1.44 bits per heavy atom. The Kier molecular flexibility index (Phi) is 4.30. The molecule has 0 saturated heterocycles. The van der Waals surface area contributed by atoms with E-state index >= 15 is 0 Å². The Morgan fingerprint density at radius 3 is 2.94 bits per heavy atom. The van der Waals surface area contributed by atoms with Crippen molar-refractivity contribution in [2.24, 2.45) is 5.92 Å². The summed E-state index contributed by atoms with van der Waals surface area (Å²) in [6.07, 6.45) is 4.34. The summed E-state index contributed by atoms with van der Waals surface area (Å²) in [5, 5.41) is 3.28. The van der Waals surface area contributed by atoms with Crippen LogP contribution in [0.5, 0.6) is 0 Å². The van der Waals surface area contributed by atoms with Gasteiger partial charge < -0.3 is 5.32 Å². The van der Waals surface area contributed by atoms with Gasteiger partial charge in [-0.3, -0.25) is 0 Å². The van der Waals surface area contributed by atoms with Gasteiger partial charge in [0, 0.05) is 10.9 Å². The molecular weight excluding hydrogens is 214 g/mol. The molecule has 1 aliphatic rings. The van der Waals surface area contributed by atoms with Crippen molar-refractivity contribution in [3.05, 3.63) is 29.8 Å². The average molecular weight is 235 g/mol. The van der Waals surface area contributed by atoms with Gasteiger partial charge in [0.15, 0.2) is 0 Å². The van der Waals surface area contributed by atoms with Gasteiger partial charge in [-0.05, 0) is 49.8 Å². The fourth-order valence-corrected chi connectivity index (χ4v) is 2.87. The number of benzene rings is 1. The molecule has 0 heterocycles. The van der Waals surface area contributed by atoms with Gasteiger partial charge in [0.25, 0.3) is 0 Å². The second kappa shape index (κ2) is 5.74. The van der Waals surface area contributed by atoms with E-state index in [1.54, 1.807) is 0 Å². The van der Waals surface area contributed by atoms with Crippen molar-refractivity contribution in [2.45, 2.75) is 37.1 Å². The molecule has 2 heteroatoms. The van der Waals surface area contributed by atoms with E-state index < -0.39 is 0 Å². The molecule has 1 aromatic rings. The van der Waals surface area contributed by atoms with E-state index in [4.69, 9.17) is 0 Å². The summed E-state index contributed by atoms with van der Waals surface area (Å²) in [7, 11) is 2.01. The standard InChI is InChI=1S/C14H21NS/c1-11(15-2)13-4-3-5-14(10-13)16-9-8-12-6-7-12/h3-5,10-12,15H,6-9H2,1-2H3. The monoisotopic (exact) mass is 235 g/mol. The van der Waals surface area contributed by atoms with Crippen molar-refractivity contribution in [1.29, 1.82) is 0 Å². The van der Waals surface area contributed by atoms with E-state index in [-0.39, 0.29) is 0 Å². The van der Waals surface area contributed by atoms with Crippen LogP contribution in [0.25, 0.3) is 0 Å². The Morgan fingerprint density at radius 2 is 2.25 bits per heavy atom. The highest BCUT2D eigenvalue weighted by Crippen LogP contribution is 2.34. The second-order valence-electron chi connectivity index (χ2n) is 4.66. The summed E-state index contributed by atoms with van der Waals surface area (Å²) in [4.78, 5) is 1.42. The highest BCUT2D eigenvalue weighted by atomic mass is 32.2. The van der Waals surface area contributed by atoms with E-state index in [0.29, 0.717) is 6.04 Å². The molecule has 1 N–H and O–H groups in total. The van der Waals surface area contributed by atoms with Crippen LogP contribution in [-0.2, 0) is 0 Å². The minimum absolute atomic E-state index is 0.448. The van der Waals surface area contributed by atoms with Crippen molar-refractivity contribution < 1.29 is 0 Å². The van der Waals surface area contributed by atoms with Crippen molar-refractivity contribution in [3.8, 4) is 0 Å². The molecule has 1 atom stereocenters. The predicted octanol–water partition coefficient (Wildman–Crippen LogP) is 3.86. The van der Waals surface area contributed by atoms with Gasteiger partial charge in [-0.1, -0.05) is 25.0 Å². The number of nitrogens with one attached hydrogen (secondary N) is 1. The first-order valence-corrected chi connectivity index (χ1v) is 7.18. The zero-order chi connectivity index (χ0) is 11.4. The Hall–Kier alpha value is -0.470. The maximum absolute atomic E-state index is 3.28.